The lowest BCUT2D eigenvalue weighted by atomic mass is 9.68. The number of nitrogens with zero attached hydrogens (tertiary/aromatic N) is 1. The predicted octanol–water partition coefficient (Wildman–Crippen LogP) is 3.62. The summed E-state index contributed by atoms with van der Waals surface area (Å²) in [6.45, 7) is 2.13. The Hall–Kier alpha value is -2.89. The maximum atomic E-state index is 12.6. The van der Waals surface area contributed by atoms with Crippen LogP contribution in [-0.4, -0.2) is 23.5 Å². The minimum absolute atomic E-state index is 0.0965. The summed E-state index contributed by atoms with van der Waals surface area (Å²) < 4.78 is 16.3. The number of aromatic nitrogens is 1. The molecule has 0 bridgehead atoms. The van der Waals surface area contributed by atoms with Crippen molar-refractivity contribution in [2.45, 2.75) is 32.3 Å². The van der Waals surface area contributed by atoms with Crippen molar-refractivity contribution in [2.24, 2.45) is 5.41 Å². The zero-order valence-electron chi connectivity index (χ0n) is 14.4. The molecule has 2 aliphatic rings. The molecule has 0 unspecified atom stereocenters. The van der Waals surface area contributed by atoms with Crippen LogP contribution < -0.4 is 0 Å². The second kappa shape index (κ2) is 6.44. The molecular weight excluding hydrogens is 334 g/mol. The zero-order valence-corrected chi connectivity index (χ0v) is 14.4. The molecule has 1 saturated heterocycles. The molecule has 2 atom stereocenters. The van der Waals surface area contributed by atoms with E-state index in [1.165, 1.54) is 0 Å². The van der Waals surface area contributed by atoms with Crippen LogP contribution in [0.1, 0.15) is 48.2 Å². The van der Waals surface area contributed by atoms with Crippen molar-refractivity contribution in [3.63, 3.8) is 0 Å². The van der Waals surface area contributed by atoms with Gasteiger partial charge in [0.25, 0.3) is 0 Å². The van der Waals surface area contributed by atoms with E-state index in [1.807, 2.05) is 13.0 Å². The number of fused-ring (bicyclic) bond motifs is 1. The minimum atomic E-state index is -0.433. The molecule has 2 aromatic heterocycles. The summed E-state index contributed by atoms with van der Waals surface area (Å²) in [5, 5.41) is 0. The molecule has 0 amide bonds. The fourth-order valence-corrected chi connectivity index (χ4v) is 3.99. The number of cyclic esters (lactones) is 1. The molecule has 1 fully saturated rings. The average Bonchev–Trinajstić information content (AvgIpc) is 3.27. The van der Waals surface area contributed by atoms with Crippen molar-refractivity contribution < 1.29 is 23.5 Å². The van der Waals surface area contributed by atoms with Crippen molar-refractivity contribution in [3.8, 4) is 0 Å². The smallest absolute Gasteiger partial charge is 0.338 e. The number of hydrogen-bond acceptors (Lipinski definition) is 6. The second-order valence-corrected chi connectivity index (χ2v) is 6.90. The third-order valence-corrected chi connectivity index (χ3v) is 5.25. The minimum Gasteiger partial charge on any atom is -0.472 e. The molecule has 4 rings (SSSR count). The highest BCUT2D eigenvalue weighted by Gasteiger charge is 2.53. The Morgan fingerprint density at radius 3 is 2.88 bits per heavy atom. The van der Waals surface area contributed by atoms with Crippen molar-refractivity contribution in [1.29, 1.82) is 0 Å². The normalized spacial score (nSPS) is 25.0. The van der Waals surface area contributed by atoms with E-state index in [9.17, 15) is 9.59 Å². The van der Waals surface area contributed by atoms with Gasteiger partial charge in [-0.2, -0.15) is 0 Å². The van der Waals surface area contributed by atoms with E-state index in [0.29, 0.717) is 11.1 Å². The number of furan rings is 1. The number of rotatable bonds is 4. The molecule has 0 saturated carbocycles. The first-order valence-corrected chi connectivity index (χ1v) is 8.62. The van der Waals surface area contributed by atoms with Crippen molar-refractivity contribution in [2.75, 3.05) is 6.61 Å². The Morgan fingerprint density at radius 1 is 1.35 bits per heavy atom. The number of esters is 2. The van der Waals surface area contributed by atoms with Crippen LogP contribution >= 0.6 is 0 Å². The molecule has 6 nitrogen and oxygen atoms in total. The highest BCUT2D eigenvalue weighted by molar-refractivity contribution is 5.94. The molecular formula is C20H19NO5. The average molecular weight is 353 g/mol. The number of carbonyl (C=O) groups is 2. The highest BCUT2D eigenvalue weighted by Crippen LogP contribution is 2.55. The van der Waals surface area contributed by atoms with Crippen LogP contribution in [-0.2, 0) is 14.3 Å². The monoisotopic (exact) mass is 353 g/mol. The summed E-state index contributed by atoms with van der Waals surface area (Å²) in [7, 11) is 0. The molecule has 0 spiro atoms. The van der Waals surface area contributed by atoms with Crippen LogP contribution in [0.4, 0.5) is 0 Å². The Morgan fingerprint density at radius 2 is 2.15 bits per heavy atom. The zero-order chi connectivity index (χ0) is 18.1. The first-order chi connectivity index (χ1) is 12.6. The molecule has 0 radical (unpaired) electrons. The largest absolute Gasteiger partial charge is 0.472 e. The molecule has 1 aliphatic heterocycles. The molecule has 1 aliphatic carbocycles. The van der Waals surface area contributed by atoms with E-state index in [1.54, 1.807) is 37.1 Å². The summed E-state index contributed by atoms with van der Waals surface area (Å²) in [5.74, 6) is -0.751. The Bertz CT molecular complexity index is 856. The van der Waals surface area contributed by atoms with Crippen molar-refractivity contribution in [3.05, 3.63) is 65.4 Å². The van der Waals surface area contributed by atoms with Gasteiger partial charge >= 0.3 is 11.9 Å². The molecule has 0 N–H and O–H groups in total. The molecule has 26 heavy (non-hydrogen) atoms. The fraction of sp³-hybridized carbons (Fsp3) is 0.350. The fourth-order valence-electron chi connectivity index (χ4n) is 3.99. The number of hydrogen-bond donors (Lipinski definition) is 0. The van der Waals surface area contributed by atoms with Gasteiger partial charge in [-0.05, 0) is 43.0 Å². The summed E-state index contributed by atoms with van der Waals surface area (Å²) in [4.78, 5) is 28.7. The van der Waals surface area contributed by atoms with E-state index < -0.39 is 11.4 Å². The SMILES string of the molecule is C[C@@]12CCCC(COC(=O)c3ccncc3)=C1C(=O)O[C@H]2c1ccoc1. The molecule has 2 aromatic rings. The molecule has 3 heterocycles. The Labute approximate surface area is 150 Å². The Balaban J connectivity index is 1.59. The number of carbonyl (C=O) groups excluding carboxylic acids is 2. The van der Waals surface area contributed by atoms with Gasteiger partial charge in [0.05, 0.1) is 18.1 Å². The van der Waals surface area contributed by atoms with E-state index >= 15 is 0 Å². The maximum Gasteiger partial charge on any atom is 0.338 e. The van der Waals surface area contributed by atoms with Crippen LogP contribution in [0.15, 0.2) is 58.7 Å². The van der Waals surface area contributed by atoms with Gasteiger partial charge in [-0.25, -0.2) is 9.59 Å². The molecule has 0 aromatic carbocycles. The maximum absolute atomic E-state index is 12.6. The lowest BCUT2D eigenvalue weighted by molar-refractivity contribution is -0.140. The van der Waals surface area contributed by atoms with Gasteiger partial charge in [0.2, 0.25) is 0 Å². The highest BCUT2D eigenvalue weighted by atomic mass is 16.6. The second-order valence-electron chi connectivity index (χ2n) is 6.90. The van der Waals surface area contributed by atoms with Gasteiger partial charge in [-0.1, -0.05) is 6.92 Å². The van der Waals surface area contributed by atoms with E-state index in [-0.39, 0.29) is 18.7 Å². The summed E-state index contributed by atoms with van der Waals surface area (Å²) >= 11 is 0. The van der Waals surface area contributed by atoms with Crippen LogP contribution in [0.5, 0.6) is 0 Å². The van der Waals surface area contributed by atoms with E-state index in [2.05, 4.69) is 4.98 Å². The number of pyridine rings is 1. The standard InChI is InChI=1S/C20H19NO5/c1-20-7-2-3-14(12-25-18(22)13-4-8-21-9-5-13)16(20)19(23)26-17(20)15-6-10-24-11-15/h4-6,8-11,17H,2-3,7,12H2,1H3/t17-,20+/m0/s1. The first kappa shape index (κ1) is 16.6. The van der Waals surface area contributed by atoms with Crippen LogP contribution in [0.3, 0.4) is 0 Å². The molecule has 134 valence electrons. The van der Waals surface area contributed by atoms with E-state index in [0.717, 1.165) is 30.4 Å². The lowest BCUT2D eigenvalue weighted by Crippen LogP contribution is -2.28. The quantitative estimate of drug-likeness (QED) is 0.781. The summed E-state index contributed by atoms with van der Waals surface area (Å²) in [6, 6.07) is 5.03. The summed E-state index contributed by atoms with van der Waals surface area (Å²) in [5.41, 5.74) is 2.35. The predicted molar refractivity (Wildman–Crippen MR) is 91.0 cm³/mol. The van der Waals surface area contributed by atoms with Gasteiger partial charge in [0, 0.05) is 28.9 Å². The summed E-state index contributed by atoms with van der Waals surface area (Å²) in [6.07, 6.45) is 8.38. The van der Waals surface area contributed by atoms with Crippen LogP contribution in [0, 0.1) is 5.41 Å². The lowest BCUT2D eigenvalue weighted by Gasteiger charge is -2.33. The van der Waals surface area contributed by atoms with Crippen LogP contribution in [0.2, 0.25) is 0 Å². The third kappa shape index (κ3) is 2.71. The van der Waals surface area contributed by atoms with E-state index in [4.69, 9.17) is 13.9 Å². The van der Waals surface area contributed by atoms with Gasteiger partial charge in [-0.3, -0.25) is 4.98 Å². The van der Waals surface area contributed by atoms with Crippen molar-refractivity contribution >= 4 is 11.9 Å². The molecule has 6 heteroatoms. The van der Waals surface area contributed by atoms with Gasteiger partial charge < -0.3 is 13.9 Å². The van der Waals surface area contributed by atoms with Gasteiger partial charge in [0.15, 0.2) is 0 Å². The van der Waals surface area contributed by atoms with Gasteiger partial charge in [0.1, 0.15) is 12.7 Å². The topological polar surface area (TPSA) is 78.6 Å². The Kier molecular flexibility index (Phi) is 4.11. The third-order valence-electron chi connectivity index (χ3n) is 5.25. The first-order valence-electron chi connectivity index (χ1n) is 8.62. The van der Waals surface area contributed by atoms with Crippen molar-refractivity contribution in [1.82, 2.24) is 4.98 Å². The van der Waals surface area contributed by atoms with Gasteiger partial charge in [-0.15, -0.1) is 0 Å². The van der Waals surface area contributed by atoms with Crippen LogP contribution in [0.25, 0.3) is 0 Å². The number of ether oxygens (including phenoxy) is 2.